The number of carboxylic acids is 1. The third-order valence-electron chi connectivity index (χ3n) is 2.65. The summed E-state index contributed by atoms with van der Waals surface area (Å²) >= 11 is 0. The van der Waals surface area contributed by atoms with Gasteiger partial charge in [-0.3, -0.25) is 4.79 Å². The fourth-order valence-corrected chi connectivity index (χ4v) is 2.90. The van der Waals surface area contributed by atoms with Gasteiger partial charge < -0.3 is 14.6 Å². The molecule has 0 spiro atoms. The second-order valence-electron chi connectivity index (χ2n) is 4.38. The minimum absolute atomic E-state index is 0.0129. The molecule has 0 aliphatic carbocycles. The number of benzene rings is 1. The summed E-state index contributed by atoms with van der Waals surface area (Å²) in [4.78, 5) is 10.6. The van der Waals surface area contributed by atoms with Gasteiger partial charge in [0.25, 0.3) is 0 Å². The molecular weight excluding hydrogens is 284 g/mol. The molecule has 0 radical (unpaired) electrons. The number of hydrogen-bond acceptors (Lipinski definition) is 5. The first kappa shape index (κ1) is 16.3. The number of hydrogen-bond donors (Lipinski definition) is 1. The fraction of sp³-hybridized carbons (Fsp3) is 0.462. The molecule has 0 bridgehead atoms. The summed E-state index contributed by atoms with van der Waals surface area (Å²) in [5.41, 5.74) is 0. The Morgan fingerprint density at radius 3 is 2.30 bits per heavy atom. The first-order valence-electron chi connectivity index (χ1n) is 6.04. The van der Waals surface area contributed by atoms with Crippen LogP contribution in [0, 0.1) is 5.92 Å². The van der Waals surface area contributed by atoms with Crippen LogP contribution >= 0.6 is 0 Å². The lowest BCUT2D eigenvalue weighted by Gasteiger charge is -2.09. The molecule has 112 valence electrons. The normalized spacial score (nSPS) is 12.7. The average Bonchev–Trinajstić information content (AvgIpc) is 2.38. The summed E-state index contributed by atoms with van der Waals surface area (Å²) in [5.74, 6) is -1.41. The molecule has 7 heteroatoms. The van der Waals surface area contributed by atoms with Gasteiger partial charge in [0.1, 0.15) is 18.1 Å². The number of carbonyl (C=O) groups is 1. The first-order valence-corrected chi connectivity index (χ1v) is 7.86. The number of rotatable bonds is 8. The predicted molar refractivity (Wildman–Crippen MR) is 73.9 cm³/mol. The van der Waals surface area contributed by atoms with Crippen molar-refractivity contribution >= 4 is 15.8 Å². The third-order valence-corrected chi connectivity index (χ3v) is 4.44. The van der Waals surface area contributed by atoms with Crippen molar-refractivity contribution in [3.05, 3.63) is 24.3 Å². The Hall–Kier alpha value is -1.76. The van der Waals surface area contributed by atoms with E-state index in [2.05, 4.69) is 0 Å². The van der Waals surface area contributed by atoms with Crippen molar-refractivity contribution in [3.63, 3.8) is 0 Å². The molecule has 0 amide bonds. The van der Waals surface area contributed by atoms with Crippen LogP contribution in [-0.4, -0.2) is 44.7 Å². The number of sulfone groups is 1. The average molecular weight is 302 g/mol. The zero-order valence-corrected chi connectivity index (χ0v) is 12.2. The predicted octanol–water partition coefficient (Wildman–Crippen LogP) is 1.21. The second-order valence-corrected chi connectivity index (χ2v) is 6.61. The summed E-state index contributed by atoms with van der Waals surface area (Å²) in [7, 11) is -1.89. The zero-order chi connectivity index (χ0) is 15.2. The van der Waals surface area contributed by atoms with E-state index in [1.807, 2.05) is 0 Å². The molecule has 20 heavy (non-hydrogen) atoms. The van der Waals surface area contributed by atoms with Crippen molar-refractivity contribution in [3.8, 4) is 11.5 Å². The van der Waals surface area contributed by atoms with Gasteiger partial charge in [-0.05, 0) is 24.3 Å². The molecule has 1 unspecified atom stereocenters. The van der Waals surface area contributed by atoms with Crippen LogP contribution in [0.2, 0.25) is 0 Å². The SMILES string of the molecule is COc1ccc(OCCS(=O)(=O)CC(C)C(=O)O)cc1. The van der Waals surface area contributed by atoms with Gasteiger partial charge in [-0.2, -0.15) is 0 Å². The summed E-state index contributed by atoms with van der Waals surface area (Å²) in [6.07, 6.45) is 0. The lowest BCUT2D eigenvalue weighted by atomic mass is 10.2. The lowest BCUT2D eigenvalue weighted by Crippen LogP contribution is -2.25. The van der Waals surface area contributed by atoms with E-state index in [9.17, 15) is 13.2 Å². The summed E-state index contributed by atoms with van der Waals surface area (Å²) in [6, 6.07) is 6.75. The van der Waals surface area contributed by atoms with Gasteiger partial charge in [-0.25, -0.2) is 8.42 Å². The number of carboxylic acid groups (broad SMARTS) is 1. The van der Waals surface area contributed by atoms with E-state index < -0.39 is 21.7 Å². The standard InChI is InChI=1S/C13H18O6S/c1-10(13(14)15)9-20(16,17)8-7-19-12-5-3-11(18-2)4-6-12/h3-6,10H,7-9H2,1-2H3,(H,14,15). The Balaban J connectivity index is 2.44. The maximum absolute atomic E-state index is 11.7. The smallest absolute Gasteiger partial charge is 0.307 e. The number of ether oxygens (including phenoxy) is 2. The van der Waals surface area contributed by atoms with Crippen LogP contribution in [0.25, 0.3) is 0 Å². The molecule has 0 fully saturated rings. The lowest BCUT2D eigenvalue weighted by molar-refractivity contribution is -0.140. The number of aliphatic carboxylic acids is 1. The van der Waals surface area contributed by atoms with E-state index in [4.69, 9.17) is 14.6 Å². The number of methoxy groups -OCH3 is 1. The highest BCUT2D eigenvalue weighted by Crippen LogP contribution is 2.17. The van der Waals surface area contributed by atoms with Crippen LogP contribution in [0.15, 0.2) is 24.3 Å². The molecule has 1 aromatic rings. The Labute approximate surface area is 118 Å². The Morgan fingerprint density at radius 1 is 1.25 bits per heavy atom. The highest BCUT2D eigenvalue weighted by molar-refractivity contribution is 7.91. The molecule has 0 saturated carbocycles. The van der Waals surface area contributed by atoms with E-state index in [0.717, 1.165) is 0 Å². The topological polar surface area (TPSA) is 89.9 Å². The molecule has 1 aromatic carbocycles. The van der Waals surface area contributed by atoms with Gasteiger partial charge in [0.2, 0.25) is 0 Å². The van der Waals surface area contributed by atoms with Gasteiger partial charge in [0, 0.05) is 0 Å². The Morgan fingerprint density at radius 2 is 1.80 bits per heavy atom. The van der Waals surface area contributed by atoms with Crippen LogP contribution in [0.3, 0.4) is 0 Å². The van der Waals surface area contributed by atoms with Crippen LogP contribution in [0.1, 0.15) is 6.92 Å². The summed E-state index contributed by atoms with van der Waals surface area (Å²) in [6.45, 7) is 1.35. The summed E-state index contributed by atoms with van der Waals surface area (Å²) < 4.78 is 33.6. The second kappa shape index (κ2) is 7.14. The van der Waals surface area contributed by atoms with Crippen molar-refractivity contribution in [1.29, 1.82) is 0 Å². The van der Waals surface area contributed by atoms with Crippen molar-refractivity contribution < 1.29 is 27.8 Å². The zero-order valence-electron chi connectivity index (χ0n) is 11.4. The Kier molecular flexibility index (Phi) is 5.82. The van der Waals surface area contributed by atoms with E-state index >= 15 is 0 Å². The van der Waals surface area contributed by atoms with Gasteiger partial charge in [-0.1, -0.05) is 6.92 Å². The molecule has 0 aromatic heterocycles. The largest absolute Gasteiger partial charge is 0.497 e. The van der Waals surface area contributed by atoms with Crippen LogP contribution in [0.5, 0.6) is 11.5 Å². The highest BCUT2D eigenvalue weighted by Gasteiger charge is 2.20. The monoisotopic (exact) mass is 302 g/mol. The van der Waals surface area contributed by atoms with Crippen molar-refractivity contribution in [2.45, 2.75) is 6.92 Å². The minimum atomic E-state index is -3.44. The van der Waals surface area contributed by atoms with Gasteiger partial charge in [-0.15, -0.1) is 0 Å². The quantitative estimate of drug-likeness (QED) is 0.776. The molecule has 0 aliphatic heterocycles. The van der Waals surface area contributed by atoms with Crippen molar-refractivity contribution in [2.24, 2.45) is 5.92 Å². The van der Waals surface area contributed by atoms with Crippen LogP contribution < -0.4 is 9.47 Å². The van der Waals surface area contributed by atoms with Gasteiger partial charge in [0.15, 0.2) is 9.84 Å². The maximum Gasteiger partial charge on any atom is 0.307 e. The minimum Gasteiger partial charge on any atom is -0.497 e. The highest BCUT2D eigenvalue weighted by atomic mass is 32.2. The van der Waals surface area contributed by atoms with E-state index in [1.165, 1.54) is 6.92 Å². The summed E-state index contributed by atoms with van der Waals surface area (Å²) in [5, 5.41) is 8.69. The molecule has 1 N–H and O–H groups in total. The van der Waals surface area contributed by atoms with E-state index in [0.29, 0.717) is 11.5 Å². The van der Waals surface area contributed by atoms with E-state index in [1.54, 1.807) is 31.4 Å². The van der Waals surface area contributed by atoms with Gasteiger partial charge in [0.05, 0.1) is 24.5 Å². The first-order chi connectivity index (χ1) is 9.34. The van der Waals surface area contributed by atoms with Crippen LogP contribution in [-0.2, 0) is 14.6 Å². The molecule has 0 heterocycles. The molecular formula is C13H18O6S. The molecule has 0 saturated heterocycles. The third kappa shape index (κ3) is 5.48. The molecule has 1 rings (SSSR count). The van der Waals surface area contributed by atoms with Crippen molar-refractivity contribution in [2.75, 3.05) is 25.2 Å². The van der Waals surface area contributed by atoms with Crippen molar-refractivity contribution in [1.82, 2.24) is 0 Å². The Bertz CT molecular complexity index is 534. The van der Waals surface area contributed by atoms with Crippen LogP contribution in [0.4, 0.5) is 0 Å². The molecule has 1 atom stereocenters. The molecule has 0 aliphatic rings. The maximum atomic E-state index is 11.7. The van der Waals surface area contributed by atoms with E-state index in [-0.39, 0.29) is 18.1 Å². The fourth-order valence-electron chi connectivity index (χ4n) is 1.49. The van der Waals surface area contributed by atoms with Gasteiger partial charge >= 0.3 is 5.97 Å². The molecule has 6 nitrogen and oxygen atoms in total.